The van der Waals surface area contributed by atoms with Crippen molar-refractivity contribution in [1.29, 1.82) is 0 Å². The lowest BCUT2D eigenvalue weighted by Crippen LogP contribution is -2.64. The van der Waals surface area contributed by atoms with Crippen LogP contribution in [0.4, 0.5) is 0 Å². The topological polar surface area (TPSA) is 68.2 Å². The van der Waals surface area contributed by atoms with Gasteiger partial charge < -0.3 is 23.8 Å². The lowest BCUT2D eigenvalue weighted by atomic mass is 10.0. The monoisotopic (exact) mass is 306 g/mol. The number of rotatable bonds is 9. The highest BCUT2D eigenvalue weighted by atomic mass is 28.4. The van der Waals surface area contributed by atoms with E-state index in [0.29, 0.717) is 6.42 Å². The Hall–Kier alpha value is 0.0169. The quantitative estimate of drug-likeness (QED) is 0.502. The number of ether oxygens (including phenoxy) is 1. The third-order valence-electron chi connectivity index (χ3n) is 4.66. The normalized spacial score (nSPS) is 27.4. The number of hydrogen-bond acceptors (Lipinski definition) is 5. The van der Waals surface area contributed by atoms with E-state index in [1.807, 2.05) is 0 Å². The summed E-state index contributed by atoms with van der Waals surface area (Å²) in [5, 5.41) is 17.9. The van der Waals surface area contributed by atoms with Gasteiger partial charge in [0.1, 0.15) is 5.22 Å². The van der Waals surface area contributed by atoms with Gasteiger partial charge in [-0.2, -0.15) is 0 Å². The van der Waals surface area contributed by atoms with Crippen molar-refractivity contribution in [3.8, 4) is 0 Å². The Labute approximate surface area is 123 Å². The second-order valence-electron chi connectivity index (χ2n) is 5.65. The van der Waals surface area contributed by atoms with Crippen LogP contribution in [0.2, 0.25) is 6.04 Å². The largest absolute Gasteiger partial charge is 0.396 e. The summed E-state index contributed by atoms with van der Waals surface area (Å²) in [4.78, 5) is 0. The minimum absolute atomic E-state index is 0.162. The summed E-state index contributed by atoms with van der Waals surface area (Å²) in [5.41, 5.74) is 0. The molecule has 5 nitrogen and oxygen atoms in total. The maximum absolute atomic E-state index is 9.39. The Bertz CT molecular complexity index is 272. The van der Waals surface area contributed by atoms with Crippen molar-refractivity contribution < 1.29 is 23.8 Å². The fourth-order valence-corrected chi connectivity index (χ4v) is 7.32. The van der Waals surface area contributed by atoms with Crippen LogP contribution in [0.3, 0.4) is 0 Å². The van der Waals surface area contributed by atoms with Gasteiger partial charge in [-0.1, -0.05) is 25.7 Å². The van der Waals surface area contributed by atoms with Crippen LogP contribution in [0.25, 0.3) is 0 Å². The van der Waals surface area contributed by atoms with Crippen LogP contribution in [0.1, 0.15) is 44.9 Å². The Morgan fingerprint density at radius 2 is 1.85 bits per heavy atom. The first-order chi connectivity index (χ1) is 9.59. The molecule has 1 saturated heterocycles. The molecule has 1 aliphatic rings. The standard InChI is InChI=1S/C14H30O5Si/c1-17-14(9-5-4-8-13(16)12-15)10-6-7-11-20(14,18-2)19-3/h13,15-16H,4-12H2,1-3H3. The molecular formula is C14H30O5Si. The van der Waals surface area contributed by atoms with Gasteiger partial charge in [-0.25, -0.2) is 0 Å². The molecule has 1 rings (SSSR count). The van der Waals surface area contributed by atoms with Gasteiger partial charge in [0.05, 0.1) is 12.7 Å². The summed E-state index contributed by atoms with van der Waals surface area (Å²) in [6.07, 6.45) is 6.03. The number of aliphatic hydroxyl groups is 2. The molecule has 2 unspecified atom stereocenters. The molecule has 20 heavy (non-hydrogen) atoms. The Balaban J connectivity index is 2.63. The minimum atomic E-state index is -2.33. The van der Waals surface area contributed by atoms with Crippen molar-refractivity contribution in [2.24, 2.45) is 0 Å². The fraction of sp³-hybridized carbons (Fsp3) is 1.00. The lowest BCUT2D eigenvalue weighted by molar-refractivity contribution is -0.0168. The first-order valence-corrected chi connectivity index (χ1v) is 9.56. The molecule has 0 bridgehead atoms. The van der Waals surface area contributed by atoms with E-state index in [0.717, 1.165) is 44.6 Å². The number of methoxy groups -OCH3 is 1. The summed E-state index contributed by atoms with van der Waals surface area (Å²) in [7, 11) is 2.91. The van der Waals surface area contributed by atoms with E-state index in [-0.39, 0.29) is 11.8 Å². The summed E-state index contributed by atoms with van der Waals surface area (Å²) in [6.45, 7) is -0.162. The van der Waals surface area contributed by atoms with Crippen LogP contribution in [-0.2, 0) is 13.6 Å². The average molecular weight is 306 g/mol. The summed E-state index contributed by atoms with van der Waals surface area (Å²) in [6, 6.07) is 0.979. The lowest BCUT2D eigenvalue weighted by Gasteiger charge is -2.48. The number of aliphatic hydroxyl groups excluding tert-OH is 2. The third kappa shape index (κ3) is 3.81. The first-order valence-electron chi connectivity index (χ1n) is 7.54. The van der Waals surface area contributed by atoms with Gasteiger partial charge in [-0.05, 0) is 25.3 Å². The highest BCUT2D eigenvalue weighted by Crippen LogP contribution is 2.43. The number of unbranched alkanes of at least 4 members (excludes halogenated alkanes) is 1. The van der Waals surface area contributed by atoms with Gasteiger partial charge in [-0.15, -0.1) is 0 Å². The van der Waals surface area contributed by atoms with E-state index in [4.69, 9.17) is 18.7 Å². The predicted molar refractivity (Wildman–Crippen MR) is 79.7 cm³/mol. The highest BCUT2D eigenvalue weighted by molar-refractivity contribution is 6.70. The maximum Gasteiger partial charge on any atom is 0.370 e. The van der Waals surface area contributed by atoms with E-state index in [9.17, 15) is 5.11 Å². The molecular weight excluding hydrogens is 276 g/mol. The van der Waals surface area contributed by atoms with Crippen molar-refractivity contribution in [3.63, 3.8) is 0 Å². The number of hydrogen-bond donors (Lipinski definition) is 2. The van der Waals surface area contributed by atoms with Gasteiger partial charge in [0.25, 0.3) is 0 Å². The second kappa shape index (κ2) is 8.46. The van der Waals surface area contributed by atoms with E-state index >= 15 is 0 Å². The summed E-state index contributed by atoms with van der Waals surface area (Å²) >= 11 is 0. The Kier molecular flexibility index (Phi) is 7.64. The zero-order valence-corrected chi connectivity index (χ0v) is 14.1. The molecule has 0 amide bonds. The van der Waals surface area contributed by atoms with Crippen molar-refractivity contribution >= 4 is 8.56 Å². The summed E-state index contributed by atoms with van der Waals surface area (Å²) in [5.74, 6) is 0. The molecule has 2 atom stereocenters. The molecule has 1 aliphatic heterocycles. The van der Waals surface area contributed by atoms with Crippen LogP contribution < -0.4 is 0 Å². The Morgan fingerprint density at radius 1 is 1.15 bits per heavy atom. The molecule has 0 aromatic rings. The highest BCUT2D eigenvalue weighted by Gasteiger charge is 2.58. The molecule has 120 valence electrons. The van der Waals surface area contributed by atoms with Gasteiger partial charge >= 0.3 is 8.56 Å². The van der Waals surface area contributed by atoms with Crippen LogP contribution >= 0.6 is 0 Å². The van der Waals surface area contributed by atoms with Gasteiger partial charge in [0, 0.05) is 21.3 Å². The molecule has 1 fully saturated rings. The van der Waals surface area contributed by atoms with Crippen molar-refractivity contribution in [2.75, 3.05) is 27.9 Å². The molecule has 0 radical (unpaired) electrons. The summed E-state index contributed by atoms with van der Waals surface area (Å²) < 4.78 is 17.6. The van der Waals surface area contributed by atoms with Gasteiger partial charge in [0.2, 0.25) is 0 Å². The van der Waals surface area contributed by atoms with E-state index in [2.05, 4.69) is 0 Å². The molecule has 2 N–H and O–H groups in total. The van der Waals surface area contributed by atoms with Crippen LogP contribution in [0.5, 0.6) is 0 Å². The van der Waals surface area contributed by atoms with Crippen LogP contribution in [0, 0.1) is 0 Å². The zero-order valence-electron chi connectivity index (χ0n) is 13.1. The van der Waals surface area contributed by atoms with E-state index < -0.39 is 14.7 Å². The zero-order chi connectivity index (χ0) is 15.1. The van der Waals surface area contributed by atoms with E-state index in [1.54, 1.807) is 21.3 Å². The molecule has 0 aromatic carbocycles. The van der Waals surface area contributed by atoms with E-state index in [1.165, 1.54) is 0 Å². The maximum atomic E-state index is 9.39. The Morgan fingerprint density at radius 3 is 2.40 bits per heavy atom. The van der Waals surface area contributed by atoms with Gasteiger partial charge in [0.15, 0.2) is 0 Å². The van der Waals surface area contributed by atoms with Crippen LogP contribution in [0.15, 0.2) is 0 Å². The third-order valence-corrected chi connectivity index (χ3v) is 9.08. The van der Waals surface area contributed by atoms with Gasteiger partial charge in [-0.3, -0.25) is 0 Å². The first kappa shape index (κ1) is 18.1. The van der Waals surface area contributed by atoms with Crippen LogP contribution in [-0.4, -0.2) is 58.0 Å². The molecule has 0 aromatic heterocycles. The van der Waals surface area contributed by atoms with Crippen molar-refractivity contribution in [3.05, 3.63) is 0 Å². The fourth-order valence-electron chi connectivity index (χ4n) is 3.40. The molecule has 0 spiro atoms. The van der Waals surface area contributed by atoms with Crippen molar-refractivity contribution in [2.45, 2.75) is 62.3 Å². The molecule has 0 aliphatic carbocycles. The smallest absolute Gasteiger partial charge is 0.370 e. The SMILES string of the molecule is COC1(CCCCC(O)CO)CCCC[Si]1(OC)OC. The second-order valence-corrected chi connectivity index (χ2v) is 9.38. The average Bonchev–Trinajstić information content (AvgIpc) is 2.51. The molecule has 6 heteroatoms. The predicted octanol–water partition coefficient (Wildman–Crippen LogP) is 1.74. The molecule has 1 heterocycles. The van der Waals surface area contributed by atoms with Crippen molar-refractivity contribution in [1.82, 2.24) is 0 Å². The minimum Gasteiger partial charge on any atom is -0.396 e. The molecule has 0 saturated carbocycles.